The van der Waals surface area contributed by atoms with Gasteiger partial charge in [-0.3, -0.25) is 9.59 Å². The molecule has 1 amide bonds. The molecule has 1 saturated heterocycles. The Labute approximate surface area is 138 Å². The van der Waals surface area contributed by atoms with Gasteiger partial charge in [-0.15, -0.1) is 0 Å². The van der Waals surface area contributed by atoms with E-state index in [1.54, 1.807) is 0 Å². The summed E-state index contributed by atoms with van der Waals surface area (Å²) in [5.74, 6) is -1.18. The Morgan fingerprint density at radius 3 is 2.82 bits per heavy atom. The molecule has 1 heterocycles. The van der Waals surface area contributed by atoms with Gasteiger partial charge in [-0.2, -0.15) is 0 Å². The first-order chi connectivity index (χ1) is 10.5. The van der Waals surface area contributed by atoms with Crippen molar-refractivity contribution in [3.05, 3.63) is 34.3 Å². The zero-order valence-corrected chi connectivity index (χ0v) is 13.9. The summed E-state index contributed by atoms with van der Waals surface area (Å²) in [6.07, 6.45) is 3.12. The highest BCUT2D eigenvalue weighted by atomic mass is 79.9. The van der Waals surface area contributed by atoms with Gasteiger partial charge in [0.25, 0.3) is 0 Å². The molecule has 1 aliphatic heterocycles. The molecule has 5 nitrogen and oxygen atoms in total. The van der Waals surface area contributed by atoms with Crippen LogP contribution in [0.3, 0.4) is 0 Å². The van der Waals surface area contributed by atoms with Crippen molar-refractivity contribution in [1.29, 1.82) is 0 Å². The second-order valence-electron chi connectivity index (χ2n) is 5.47. The second kappa shape index (κ2) is 8.29. The Morgan fingerprint density at radius 1 is 1.36 bits per heavy atom. The number of amides is 1. The summed E-state index contributed by atoms with van der Waals surface area (Å²) in [6.45, 7) is 0.678. The van der Waals surface area contributed by atoms with Gasteiger partial charge in [-0.1, -0.05) is 28.1 Å². The lowest BCUT2D eigenvalue weighted by molar-refractivity contribution is -0.146. The van der Waals surface area contributed by atoms with Crippen molar-refractivity contribution < 1.29 is 19.4 Å². The number of ether oxygens (including phenoxy) is 1. The standard InChI is InChI=1S/C16H20BrNO4/c17-13-5-3-4-12(8-13)10-18(11-16(20)21)15(19)9-14-6-1-2-7-22-14/h3-5,8,14H,1-2,6-7,9-11H2,(H,20,21). The van der Waals surface area contributed by atoms with Crippen molar-refractivity contribution in [3.8, 4) is 0 Å². The Morgan fingerprint density at radius 2 is 2.18 bits per heavy atom. The van der Waals surface area contributed by atoms with Gasteiger partial charge < -0.3 is 14.7 Å². The van der Waals surface area contributed by atoms with Gasteiger partial charge in [0.05, 0.1) is 12.5 Å². The fraction of sp³-hybridized carbons (Fsp3) is 0.500. The Hall–Kier alpha value is -1.40. The Bertz CT molecular complexity index is 529. The highest BCUT2D eigenvalue weighted by Crippen LogP contribution is 2.18. The summed E-state index contributed by atoms with van der Waals surface area (Å²) >= 11 is 3.38. The van der Waals surface area contributed by atoms with E-state index in [0.29, 0.717) is 6.61 Å². The van der Waals surface area contributed by atoms with E-state index in [-0.39, 0.29) is 31.5 Å². The number of aliphatic carboxylic acids is 1. The fourth-order valence-corrected chi connectivity index (χ4v) is 2.99. The molecule has 1 N–H and O–H groups in total. The van der Waals surface area contributed by atoms with E-state index in [4.69, 9.17) is 9.84 Å². The molecule has 120 valence electrons. The molecular weight excluding hydrogens is 350 g/mol. The van der Waals surface area contributed by atoms with E-state index < -0.39 is 5.97 Å². The molecule has 1 aromatic rings. The number of carbonyl (C=O) groups excluding carboxylic acids is 1. The molecule has 0 aromatic heterocycles. The van der Waals surface area contributed by atoms with E-state index in [0.717, 1.165) is 29.3 Å². The highest BCUT2D eigenvalue weighted by Gasteiger charge is 2.23. The average Bonchev–Trinajstić information content (AvgIpc) is 2.47. The van der Waals surface area contributed by atoms with Crippen molar-refractivity contribution in [2.45, 2.75) is 38.3 Å². The fourth-order valence-electron chi connectivity index (χ4n) is 2.54. The number of hydrogen-bond acceptors (Lipinski definition) is 3. The lowest BCUT2D eigenvalue weighted by Crippen LogP contribution is -2.38. The van der Waals surface area contributed by atoms with Crippen molar-refractivity contribution in [2.75, 3.05) is 13.2 Å². The monoisotopic (exact) mass is 369 g/mol. The summed E-state index contributed by atoms with van der Waals surface area (Å²) in [7, 11) is 0. The largest absolute Gasteiger partial charge is 0.480 e. The van der Waals surface area contributed by atoms with Crippen LogP contribution in [0.25, 0.3) is 0 Å². The molecule has 0 spiro atoms. The first-order valence-corrected chi connectivity index (χ1v) is 8.19. The lowest BCUT2D eigenvalue weighted by Gasteiger charge is -2.26. The molecule has 0 radical (unpaired) electrons. The smallest absolute Gasteiger partial charge is 0.323 e. The molecule has 1 atom stereocenters. The van der Waals surface area contributed by atoms with Gasteiger partial charge in [0.1, 0.15) is 6.54 Å². The molecule has 1 aliphatic rings. The molecule has 22 heavy (non-hydrogen) atoms. The number of carbonyl (C=O) groups is 2. The first-order valence-electron chi connectivity index (χ1n) is 7.40. The van der Waals surface area contributed by atoms with Crippen molar-refractivity contribution >= 4 is 27.8 Å². The van der Waals surface area contributed by atoms with Crippen LogP contribution in [0, 0.1) is 0 Å². The number of benzene rings is 1. The number of carboxylic acid groups (broad SMARTS) is 1. The van der Waals surface area contributed by atoms with E-state index >= 15 is 0 Å². The first kappa shape index (κ1) is 17.0. The quantitative estimate of drug-likeness (QED) is 0.836. The molecule has 0 bridgehead atoms. The van der Waals surface area contributed by atoms with Crippen molar-refractivity contribution in [1.82, 2.24) is 4.90 Å². The van der Waals surface area contributed by atoms with E-state index in [1.807, 2.05) is 24.3 Å². The van der Waals surface area contributed by atoms with Crippen LogP contribution < -0.4 is 0 Å². The van der Waals surface area contributed by atoms with Crippen LogP contribution in [-0.4, -0.2) is 41.1 Å². The van der Waals surface area contributed by atoms with Crippen LogP contribution in [0.15, 0.2) is 28.7 Å². The predicted molar refractivity (Wildman–Crippen MR) is 85.4 cm³/mol. The minimum absolute atomic E-state index is 0.0833. The van der Waals surface area contributed by atoms with Crippen LogP contribution in [-0.2, 0) is 20.9 Å². The number of rotatable bonds is 6. The summed E-state index contributed by atoms with van der Waals surface area (Å²) in [5, 5.41) is 9.04. The van der Waals surface area contributed by atoms with Crippen LogP contribution in [0.2, 0.25) is 0 Å². The van der Waals surface area contributed by atoms with Crippen LogP contribution in [0.4, 0.5) is 0 Å². The van der Waals surface area contributed by atoms with Crippen LogP contribution in [0.1, 0.15) is 31.2 Å². The SMILES string of the molecule is O=C(O)CN(Cc1cccc(Br)c1)C(=O)CC1CCCCO1. The maximum atomic E-state index is 12.4. The lowest BCUT2D eigenvalue weighted by atomic mass is 10.1. The normalized spacial score (nSPS) is 18.0. The topological polar surface area (TPSA) is 66.8 Å². The number of halogens is 1. The molecule has 0 aliphatic carbocycles. The molecule has 6 heteroatoms. The van der Waals surface area contributed by atoms with Crippen molar-refractivity contribution in [3.63, 3.8) is 0 Å². The third-order valence-corrected chi connectivity index (χ3v) is 4.11. The average molecular weight is 370 g/mol. The van der Waals surface area contributed by atoms with Crippen LogP contribution >= 0.6 is 15.9 Å². The second-order valence-corrected chi connectivity index (χ2v) is 6.38. The van der Waals surface area contributed by atoms with Gasteiger partial charge in [0.2, 0.25) is 5.91 Å². The summed E-state index contributed by atoms with van der Waals surface area (Å²) < 4.78 is 6.48. The van der Waals surface area contributed by atoms with Gasteiger partial charge in [0.15, 0.2) is 0 Å². The minimum atomic E-state index is -1.01. The predicted octanol–water partition coefficient (Wildman–Crippen LogP) is 2.82. The third kappa shape index (κ3) is 5.42. The number of nitrogens with zero attached hydrogens (tertiary/aromatic N) is 1. The number of carboxylic acids is 1. The highest BCUT2D eigenvalue weighted by molar-refractivity contribution is 9.10. The molecule has 1 unspecified atom stereocenters. The van der Waals surface area contributed by atoms with E-state index in [1.165, 1.54) is 4.90 Å². The van der Waals surface area contributed by atoms with Crippen molar-refractivity contribution in [2.24, 2.45) is 0 Å². The zero-order chi connectivity index (χ0) is 15.9. The third-order valence-electron chi connectivity index (χ3n) is 3.62. The molecule has 2 rings (SSSR count). The Balaban J connectivity index is 2.00. The minimum Gasteiger partial charge on any atom is -0.480 e. The van der Waals surface area contributed by atoms with Gasteiger partial charge >= 0.3 is 5.97 Å². The number of hydrogen-bond donors (Lipinski definition) is 1. The molecule has 0 saturated carbocycles. The molecular formula is C16H20BrNO4. The van der Waals surface area contributed by atoms with Crippen LogP contribution in [0.5, 0.6) is 0 Å². The summed E-state index contributed by atoms with van der Waals surface area (Å²) in [5.41, 5.74) is 0.897. The van der Waals surface area contributed by atoms with E-state index in [2.05, 4.69) is 15.9 Å². The van der Waals surface area contributed by atoms with E-state index in [9.17, 15) is 9.59 Å². The molecule has 1 fully saturated rings. The zero-order valence-electron chi connectivity index (χ0n) is 12.3. The van der Waals surface area contributed by atoms with Gasteiger partial charge in [0, 0.05) is 17.6 Å². The maximum absolute atomic E-state index is 12.4. The summed E-state index contributed by atoms with van der Waals surface area (Å²) in [4.78, 5) is 24.8. The van der Waals surface area contributed by atoms with Gasteiger partial charge in [-0.05, 0) is 37.0 Å². The Kier molecular flexibility index (Phi) is 6.39. The summed E-state index contributed by atoms with van der Waals surface area (Å²) in [6, 6.07) is 7.53. The maximum Gasteiger partial charge on any atom is 0.323 e. The van der Waals surface area contributed by atoms with Gasteiger partial charge in [-0.25, -0.2) is 0 Å². The molecule has 1 aromatic carbocycles.